The SMILES string of the molecule is CNC(=O)N(C)CCc1ccc(C)cc1. The molecule has 3 heteroatoms. The zero-order chi connectivity index (χ0) is 11.3. The van der Waals surface area contributed by atoms with E-state index in [-0.39, 0.29) is 6.03 Å². The van der Waals surface area contributed by atoms with Crippen molar-refractivity contribution in [2.75, 3.05) is 20.6 Å². The Labute approximate surface area is 91.1 Å². The van der Waals surface area contributed by atoms with Gasteiger partial charge in [0, 0.05) is 20.6 Å². The van der Waals surface area contributed by atoms with Gasteiger partial charge in [0.15, 0.2) is 0 Å². The molecule has 82 valence electrons. The smallest absolute Gasteiger partial charge is 0.316 e. The number of likely N-dealkylation sites (N-methyl/N-ethyl adjacent to an activating group) is 1. The van der Waals surface area contributed by atoms with E-state index in [1.54, 1.807) is 19.0 Å². The molecule has 1 aromatic rings. The highest BCUT2D eigenvalue weighted by molar-refractivity contribution is 5.73. The highest BCUT2D eigenvalue weighted by Gasteiger charge is 2.04. The van der Waals surface area contributed by atoms with Crippen LogP contribution in [-0.2, 0) is 6.42 Å². The van der Waals surface area contributed by atoms with Crippen LogP contribution in [0.15, 0.2) is 24.3 Å². The molecule has 0 unspecified atom stereocenters. The van der Waals surface area contributed by atoms with Gasteiger partial charge in [-0.05, 0) is 18.9 Å². The number of benzene rings is 1. The second kappa shape index (κ2) is 5.39. The summed E-state index contributed by atoms with van der Waals surface area (Å²) in [6.07, 6.45) is 0.893. The topological polar surface area (TPSA) is 32.3 Å². The normalized spacial score (nSPS) is 9.80. The molecule has 0 saturated carbocycles. The van der Waals surface area contributed by atoms with Crippen LogP contribution in [0.5, 0.6) is 0 Å². The van der Waals surface area contributed by atoms with Crippen molar-refractivity contribution < 1.29 is 4.79 Å². The molecule has 15 heavy (non-hydrogen) atoms. The molecule has 1 N–H and O–H groups in total. The monoisotopic (exact) mass is 206 g/mol. The second-order valence-corrected chi connectivity index (χ2v) is 3.71. The second-order valence-electron chi connectivity index (χ2n) is 3.71. The van der Waals surface area contributed by atoms with Crippen LogP contribution in [0.25, 0.3) is 0 Å². The van der Waals surface area contributed by atoms with Crippen molar-refractivity contribution in [2.45, 2.75) is 13.3 Å². The van der Waals surface area contributed by atoms with Crippen LogP contribution in [0, 0.1) is 6.92 Å². The van der Waals surface area contributed by atoms with Gasteiger partial charge in [-0.1, -0.05) is 29.8 Å². The van der Waals surface area contributed by atoms with E-state index in [2.05, 4.69) is 36.5 Å². The van der Waals surface area contributed by atoms with E-state index in [1.807, 2.05) is 0 Å². The Morgan fingerprint density at radius 1 is 1.33 bits per heavy atom. The summed E-state index contributed by atoms with van der Waals surface area (Å²) in [6.45, 7) is 2.81. The summed E-state index contributed by atoms with van der Waals surface area (Å²) in [5.41, 5.74) is 2.52. The third-order valence-corrected chi connectivity index (χ3v) is 2.42. The summed E-state index contributed by atoms with van der Waals surface area (Å²) < 4.78 is 0. The van der Waals surface area contributed by atoms with Crippen molar-refractivity contribution in [2.24, 2.45) is 0 Å². The maximum absolute atomic E-state index is 11.2. The van der Waals surface area contributed by atoms with E-state index in [9.17, 15) is 4.79 Å². The zero-order valence-corrected chi connectivity index (χ0v) is 9.58. The molecule has 0 bridgehead atoms. The van der Waals surface area contributed by atoms with E-state index in [1.165, 1.54) is 11.1 Å². The number of carbonyl (C=O) groups excluding carboxylic acids is 1. The van der Waals surface area contributed by atoms with Crippen molar-refractivity contribution in [1.82, 2.24) is 10.2 Å². The van der Waals surface area contributed by atoms with Crippen LogP contribution in [0.4, 0.5) is 4.79 Å². The molecule has 3 nitrogen and oxygen atoms in total. The maximum atomic E-state index is 11.2. The lowest BCUT2D eigenvalue weighted by Gasteiger charge is -2.16. The third kappa shape index (κ3) is 3.62. The molecule has 0 aliphatic heterocycles. The quantitative estimate of drug-likeness (QED) is 0.803. The number of hydrogen-bond acceptors (Lipinski definition) is 1. The van der Waals surface area contributed by atoms with Crippen molar-refractivity contribution in [3.63, 3.8) is 0 Å². The zero-order valence-electron chi connectivity index (χ0n) is 9.58. The number of nitrogens with one attached hydrogen (secondary N) is 1. The minimum absolute atomic E-state index is 0.0397. The predicted molar refractivity (Wildman–Crippen MR) is 62.0 cm³/mol. The Morgan fingerprint density at radius 2 is 1.93 bits per heavy atom. The van der Waals surface area contributed by atoms with Gasteiger partial charge in [0.05, 0.1) is 0 Å². The lowest BCUT2D eigenvalue weighted by atomic mass is 10.1. The number of nitrogens with zero attached hydrogens (tertiary/aromatic N) is 1. The van der Waals surface area contributed by atoms with Crippen LogP contribution in [-0.4, -0.2) is 31.6 Å². The molecule has 0 radical (unpaired) electrons. The molecule has 0 fully saturated rings. The average Bonchev–Trinajstić information content (AvgIpc) is 2.26. The Bertz CT molecular complexity index is 319. The third-order valence-electron chi connectivity index (χ3n) is 2.42. The van der Waals surface area contributed by atoms with Gasteiger partial charge in [0.25, 0.3) is 0 Å². The first-order chi connectivity index (χ1) is 7.13. The standard InChI is InChI=1S/C12H18N2O/c1-10-4-6-11(7-5-10)8-9-14(3)12(15)13-2/h4-7H,8-9H2,1-3H3,(H,13,15). The first-order valence-corrected chi connectivity index (χ1v) is 5.12. The van der Waals surface area contributed by atoms with Gasteiger partial charge in [-0.2, -0.15) is 0 Å². The van der Waals surface area contributed by atoms with Crippen LogP contribution in [0.1, 0.15) is 11.1 Å². The van der Waals surface area contributed by atoms with Crippen LogP contribution in [0.2, 0.25) is 0 Å². The Hall–Kier alpha value is -1.51. The van der Waals surface area contributed by atoms with Gasteiger partial charge in [-0.3, -0.25) is 0 Å². The maximum Gasteiger partial charge on any atom is 0.316 e. The molecule has 0 atom stereocenters. The number of aryl methyl sites for hydroxylation is 1. The van der Waals surface area contributed by atoms with Crippen molar-refractivity contribution in [3.8, 4) is 0 Å². The first kappa shape index (κ1) is 11.6. The van der Waals surface area contributed by atoms with E-state index in [4.69, 9.17) is 0 Å². The number of hydrogen-bond donors (Lipinski definition) is 1. The number of urea groups is 1. The Kier molecular flexibility index (Phi) is 4.16. The van der Waals surface area contributed by atoms with Gasteiger partial charge in [-0.25, -0.2) is 4.79 Å². The van der Waals surface area contributed by atoms with E-state index in [0.717, 1.165) is 13.0 Å². The summed E-state index contributed by atoms with van der Waals surface area (Å²) in [7, 11) is 3.44. The van der Waals surface area contributed by atoms with Crippen molar-refractivity contribution >= 4 is 6.03 Å². The fraction of sp³-hybridized carbons (Fsp3) is 0.417. The molecule has 0 aliphatic carbocycles. The average molecular weight is 206 g/mol. The first-order valence-electron chi connectivity index (χ1n) is 5.12. The largest absolute Gasteiger partial charge is 0.341 e. The van der Waals surface area contributed by atoms with Crippen molar-refractivity contribution in [3.05, 3.63) is 35.4 Å². The highest BCUT2D eigenvalue weighted by atomic mass is 16.2. The summed E-state index contributed by atoms with van der Waals surface area (Å²) >= 11 is 0. The molecule has 2 amide bonds. The van der Waals surface area contributed by atoms with Gasteiger partial charge in [0.1, 0.15) is 0 Å². The molecule has 1 aromatic carbocycles. The molecule has 0 saturated heterocycles. The van der Waals surface area contributed by atoms with E-state index in [0.29, 0.717) is 0 Å². The fourth-order valence-corrected chi connectivity index (χ4v) is 1.34. The van der Waals surface area contributed by atoms with E-state index >= 15 is 0 Å². The van der Waals surface area contributed by atoms with Gasteiger partial charge in [-0.15, -0.1) is 0 Å². The van der Waals surface area contributed by atoms with Crippen LogP contribution < -0.4 is 5.32 Å². The molecular weight excluding hydrogens is 188 g/mol. The van der Waals surface area contributed by atoms with Crippen LogP contribution >= 0.6 is 0 Å². The Morgan fingerprint density at radius 3 is 2.47 bits per heavy atom. The molecule has 0 aliphatic rings. The highest BCUT2D eigenvalue weighted by Crippen LogP contribution is 2.04. The molecule has 1 rings (SSSR count). The molecule has 0 heterocycles. The van der Waals surface area contributed by atoms with E-state index < -0.39 is 0 Å². The fourth-order valence-electron chi connectivity index (χ4n) is 1.34. The molecule has 0 spiro atoms. The molecule has 0 aromatic heterocycles. The number of amides is 2. The predicted octanol–water partition coefficient (Wildman–Crippen LogP) is 1.81. The van der Waals surface area contributed by atoms with Gasteiger partial charge in [0.2, 0.25) is 0 Å². The van der Waals surface area contributed by atoms with Gasteiger partial charge >= 0.3 is 6.03 Å². The summed E-state index contributed by atoms with van der Waals surface area (Å²) in [4.78, 5) is 12.9. The Balaban J connectivity index is 2.43. The number of carbonyl (C=O) groups is 1. The van der Waals surface area contributed by atoms with Crippen LogP contribution in [0.3, 0.4) is 0 Å². The summed E-state index contributed by atoms with van der Waals surface area (Å²) in [6, 6.07) is 8.35. The molecular formula is C12H18N2O. The summed E-state index contributed by atoms with van der Waals surface area (Å²) in [5, 5.41) is 2.60. The van der Waals surface area contributed by atoms with Gasteiger partial charge < -0.3 is 10.2 Å². The van der Waals surface area contributed by atoms with Crippen molar-refractivity contribution in [1.29, 1.82) is 0 Å². The summed E-state index contributed by atoms with van der Waals surface area (Å²) in [5.74, 6) is 0. The lowest BCUT2D eigenvalue weighted by molar-refractivity contribution is 0.211. The number of rotatable bonds is 3. The minimum atomic E-state index is -0.0397. The lowest BCUT2D eigenvalue weighted by Crippen LogP contribution is -2.36. The minimum Gasteiger partial charge on any atom is -0.341 e.